The van der Waals surface area contributed by atoms with Gasteiger partial charge in [-0.05, 0) is 29.2 Å². The monoisotopic (exact) mass is 368 g/mol. The summed E-state index contributed by atoms with van der Waals surface area (Å²) in [4.78, 5) is 26.5. The van der Waals surface area contributed by atoms with Crippen molar-refractivity contribution in [1.82, 2.24) is 5.32 Å². The van der Waals surface area contributed by atoms with Crippen LogP contribution in [0.25, 0.3) is 0 Å². The van der Waals surface area contributed by atoms with Gasteiger partial charge in [0.05, 0.1) is 5.92 Å². The molecule has 142 valence electrons. The van der Waals surface area contributed by atoms with Gasteiger partial charge in [-0.3, -0.25) is 9.59 Å². The van der Waals surface area contributed by atoms with E-state index in [9.17, 15) is 14.0 Å². The maximum absolute atomic E-state index is 13.7. The van der Waals surface area contributed by atoms with E-state index in [0.717, 1.165) is 5.69 Å². The van der Waals surface area contributed by atoms with Gasteiger partial charge in [0.2, 0.25) is 11.8 Å². The van der Waals surface area contributed by atoms with Crippen LogP contribution < -0.4 is 10.2 Å². The number of hydrogen-bond donors (Lipinski definition) is 1. The minimum absolute atomic E-state index is 0.0443. The number of halogens is 1. The first-order valence-electron chi connectivity index (χ1n) is 9.18. The molecule has 1 aliphatic heterocycles. The van der Waals surface area contributed by atoms with E-state index in [-0.39, 0.29) is 36.0 Å². The minimum Gasteiger partial charge on any atom is -0.352 e. The zero-order valence-electron chi connectivity index (χ0n) is 16.0. The van der Waals surface area contributed by atoms with E-state index in [2.05, 4.69) is 26.1 Å². The van der Waals surface area contributed by atoms with Crippen LogP contribution >= 0.6 is 0 Å². The topological polar surface area (TPSA) is 49.4 Å². The van der Waals surface area contributed by atoms with Gasteiger partial charge in [0.15, 0.2) is 0 Å². The molecule has 0 aliphatic carbocycles. The average Bonchev–Trinajstić information content (AvgIpc) is 3.02. The van der Waals surface area contributed by atoms with Crippen molar-refractivity contribution in [2.75, 3.05) is 11.4 Å². The minimum atomic E-state index is -0.424. The second-order valence-corrected chi connectivity index (χ2v) is 8.01. The maximum atomic E-state index is 13.7. The summed E-state index contributed by atoms with van der Waals surface area (Å²) >= 11 is 0. The van der Waals surface area contributed by atoms with Crippen LogP contribution in [0.5, 0.6) is 0 Å². The summed E-state index contributed by atoms with van der Waals surface area (Å²) in [6.45, 7) is 6.88. The molecule has 0 aromatic heterocycles. The first-order chi connectivity index (χ1) is 12.8. The lowest BCUT2D eigenvalue weighted by atomic mass is 9.87. The molecule has 0 radical (unpaired) electrons. The smallest absolute Gasteiger partial charge is 0.227 e. The van der Waals surface area contributed by atoms with Crippen LogP contribution in [0.15, 0.2) is 48.5 Å². The van der Waals surface area contributed by atoms with E-state index in [4.69, 9.17) is 0 Å². The molecule has 27 heavy (non-hydrogen) atoms. The van der Waals surface area contributed by atoms with E-state index in [1.165, 1.54) is 11.6 Å². The molecular formula is C22H25FN2O2. The number of nitrogens with one attached hydrogen (secondary N) is 1. The number of carbonyl (C=O) groups is 2. The number of benzene rings is 2. The van der Waals surface area contributed by atoms with Crippen molar-refractivity contribution in [1.29, 1.82) is 0 Å². The van der Waals surface area contributed by atoms with Crippen molar-refractivity contribution in [3.05, 3.63) is 65.5 Å². The lowest BCUT2D eigenvalue weighted by molar-refractivity contribution is -0.126. The molecule has 2 amide bonds. The summed E-state index contributed by atoms with van der Waals surface area (Å²) in [6.07, 6.45) is 0.171. The Morgan fingerprint density at radius 1 is 1.15 bits per heavy atom. The van der Waals surface area contributed by atoms with E-state index in [1.54, 1.807) is 23.1 Å². The molecular weight excluding hydrogens is 343 g/mol. The van der Waals surface area contributed by atoms with Gasteiger partial charge in [0, 0.05) is 30.8 Å². The van der Waals surface area contributed by atoms with Gasteiger partial charge in [-0.2, -0.15) is 0 Å². The fraction of sp³-hybridized carbons (Fsp3) is 0.364. The van der Waals surface area contributed by atoms with E-state index < -0.39 is 5.92 Å². The van der Waals surface area contributed by atoms with Crippen LogP contribution in [-0.4, -0.2) is 18.4 Å². The van der Waals surface area contributed by atoms with Crippen LogP contribution in [0.2, 0.25) is 0 Å². The number of anilines is 1. The summed E-state index contributed by atoms with van der Waals surface area (Å²) < 4.78 is 13.7. The number of hydrogen-bond acceptors (Lipinski definition) is 2. The second-order valence-electron chi connectivity index (χ2n) is 8.01. The van der Waals surface area contributed by atoms with Crippen molar-refractivity contribution >= 4 is 17.5 Å². The van der Waals surface area contributed by atoms with Crippen molar-refractivity contribution in [3.8, 4) is 0 Å². The Hall–Kier alpha value is -2.69. The predicted octanol–water partition coefficient (Wildman–Crippen LogP) is 3.79. The van der Waals surface area contributed by atoms with Crippen LogP contribution in [0.4, 0.5) is 10.1 Å². The van der Waals surface area contributed by atoms with Gasteiger partial charge < -0.3 is 10.2 Å². The van der Waals surface area contributed by atoms with Crippen molar-refractivity contribution in [3.63, 3.8) is 0 Å². The standard InChI is InChI=1S/C22H25FN2O2/c1-22(2,3)17-8-10-18(11-9-17)25-14-16(12-20(25)26)21(27)24-13-15-6-4-5-7-19(15)23/h4-11,16H,12-14H2,1-3H3,(H,24,27). The normalized spacial score (nSPS) is 17.3. The Morgan fingerprint density at radius 2 is 1.81 bits per heavy atom. The molecule has 5 heteroatoms. The third-order valence-electron chi connectivity index (χ3n) is 4.95. The van der Waals surface area contributed by atoms with Crippen molar-refractivity contribution in [2.24, 2.45) is 5.92 Å². The third kappa shape index (κ3) is 4.35. The highest BCUT2D eigenvalue weighted by Crippen LogP contribution is 2.28. The Labute approximate surface area is 159 Å². The molecule has 1 fully saturated rings. The molecule has 1 N–H and O–H groups in total. The number of rotatable bonds is 4. The molecule has 0 saturated carbocycles. The highest BCUT2D eigenvalue weighted by Gasteiger charge is 2.35. The van der Waals surface area contributed by atoms with E-state index in [1.807, 2.05) is 24.3 Å². The molecule has 2 aromatic carbocycles. The highest BCUT2D eigenvalue weighted by molar-refractivity contribution is 6.00. The number of nitrogens with zero attached hydrogens (tertiary/aromatic N) is 1. The van der Waals surface area contributed by atoms with Crippen LogP contribution in [0, 0.1) is 11.7 Å². The lowest BCUT2D eigenvalue weighted by Crippen LogP contribution is -2.32. The predicted molar refractivity (Wildman–Crippen MR) is 104 cm³/mol. The quantitative estimate of drug-likeness (QED) is 0.893. The Balaban J connectivity index is 1.63. The summed E-state index contributed by atoms with van der Waals surface area (Å²) in [5.74, 6) is -1.06. The zero-order chi connectivity index (χ0) is 19.6. The Bertz CT molecular complexity index is 840. The molecule has 1 heterocycles. The molecule has 3 rings (SSSR count). The number of amides is 2. The molecule has 0 spiro atoms. The van der Waals surface area contributed by atoms with Gasteiger partial charge >= 0.3 is 0 Å². The molecule has 4 nitrogen and oxygen atoms in total. The van der Waals surface area contributed by atoms with E-state index >= 15 is 0 Å². The summed E-state index contributed by atoms with van der Waals surface area (Å²) in [7, 11) is 0. The van der Waals surface area contributed by atoms with Gasteiger partial charge in [-0.1, -0.05) is 51.1 Å². The molecule has 2 aromatic rings. The average molecular weight is 368 g/mol. The molecule has 1 aliphatic rings. The third-order valence-corrected chi connectivity index (χ3v) is 4.95. The first-order valence-corrected chi connectivity index (χ1v) is 9.18. The fourth-order valence-electron chi connectivity index (χ4n) is 3.24. The second kappa shape index (κ2) is 7.51. The van der Waals surface area contributed by atoms with Crippen LogP contribution in [0.3, 0.4) is 0 Å². The van der Waals surface area contributed by atoms with Crippen LogP contribution in [-0.2, 0) is 21.5 Å². The molecule has 0 bridgehead atoms. The Morgan fingerprint density at radius 3 is 2.44 bits per heavy atom. The fourth-order valence-corrected chi connectivity index (χ4v) is 3.24. The highest BCUT2D eigenvalue weighted by atomic mass is 19.1. The summed E-state index contributed by atoms with van der Waals surface area (Å²) in [5.41, 5.74) is 2.47. The van der Waals surface area contributed by atoms with Crippen LogP contribution in [0.1, 0.15) is 38.3 Å². The Kier molecular flexibility index (Phi) is 5.31. The van der Waals surface area contributed by atoms with Crippen molar-refractivity contribution in [2.45, 2.75) is 39.2 Å². The van der Waals surface area contributed by atoms with Crippen molar-refractivity contribution < 1.29 is 14.0 Å². The van der Waals surface area contributed by atoms with Gasteiger partial charge in [0.25, 0.3) is 0 Å². The maximum Gasteiger partial charge on any atom is 0.227 e. The summed E-state index contributed by atoms with van der Waals surface area (Å²) in [5, 5.41) is 2.75. The van der Waals surface area contributed by atoms with Gasteiger partial charge in [-0.25, -0.2) is 4.39 Å². The largest absolute Gasteiger partial charge is 0.352 e. The zero-order valence-corrected chi connectivity index (χ0v) is 16.0. The van der Waals surface area contributed by atoms with E-state index in [0.29, 0.717) is 12.1 Å². The molecule has 1 saturated heterocycles. The molecule has 1 atom stereocenters. The first kappa shape index (κ1) is 19.1. The molecule has 1 unspecified atom stereocenters. The number of carbonyl (C=O) groups excluding carboxylic acids is 2. The summed E-state index contributed by atoms with van der Waals surface area (Å²) in [6, 6.07) is 14.2. The van der Waals surface area contributed by atoms with Gasteiger partial charge in [0.1, 0.15) is 5.82 Å². The van der Waals surface area contributed by atoms with Gasteiger partial charge in [-0.15, -0.1) is 0 Å². The lowest BCUT2D eigenvalue weighted by Gasteiger charge is -2.21. The SMILES string of the molecule is CC(C)(C)c1ccc(N2CC(C(=O)NCc3ccccc3F)CC2=O)cc1.